The Balaban J connectivity index is 2.32. The molecular weight excluding hydrogens is 268 g/mol. The average molecular weight is 288 g/mol. The van der Waals surface area contributed by atoms with Gasteiger partial charge in [0.25, 0.3) is 0 Å². The van der Waals surface area contributed by atoms with E-state index in [1.54, 1.807) is 11.3 Å². The van der Waals surface area contributed by atoms with E-state index in [0.29, 0.717) is 18.8 Å². The van der Waals surface area contributed by atoms with Gasteiger partial charge in [-0.15, -0.1) is 11.3 Å². The van der Waals surface area contributed by atoms with Crippen LogP contribution in [0.5, 0.6) is 0 Å². The molecule has 1 heterocycles. The van der Waals surface area contributed by atoms with Gasteiger partial charge in [0, 0.05) is 18.3 Å². The van der Waals surface area contributed by atoms with Crippen LogP contribution >= 0.6 is 23.1 Å². The fourth-order valence-corrected chi connectivity index (χ4v) is 2.88. The quantitative estimate of drug-likeness (QED) is 0.745. The van der Waals surface area contributed by atoms with Crippen LogP contribution in [0, 0.1) is 5.92 Å². The highest BCUT2D eigenvalue weighted by molar-refractivity contribution is 7.98. The number of nitrogens with zero attached hydrogens (tertiary/aromatic N) is 1. The Morgan fingerprint density at radius 1 is 1.67 bits per heavy atom. The minimum absolute atomic E-state index is 0.189. The van der Waals surface area contributed by atoms with Crippen LogP contribution in [-0.2, 0) is 16.0 Å². The maximum absolute atomic E-state index is 11.0. The first kappa shape index (κ1) is 15.3. The summed E-state index contributed by atoms with van der Waals surface area (Å²) < 4.78 is 4.60. The van der Waals surface area contributed by atoms with Crippen LogP contribution < -0.4 is 5.32 Å². The summed E-state index contributed by atoms with van der Waals surface area (Å²) in [5, 5.41) is 6.25. The Morgan fingerprint density at radius 3 is 3.11 bits per heavy atom. The van der Waals surface area contributed by atoms with Crippen LogP contribution in [0.3, 0.4) is 0 Å². The number of rotatable bonds is 8. The van der Waals surface area contributed by atoms with Crippen molar-refractivity contribution in [1.29, 1.82) is 0 Å². The number of carbonyl (C=O) groups is 1. The standard InChI is InChI=1S/C12H20N2O2S2/c1-9(7-17-3)6-13-12-14-10(8-18-12)4-5-11(15)16-2/h8-9H,4-7H2,1-3H3,(H,13,14). The van der Waals surface area contributed by atoms with E-state index in [1.807, 2.05) is 17.1 Å². The lowest BCUT2D eigenvalue weighted by Crippen LogP contribution is -2.13. The molecular formula is C12H20N2O2S2. The van der Waals surface area contributed by atoms with Crippen LogP contribution in [0.1, 0.15) is 19.0 Å². The summed E-state index contributed by atoms with van der Waals surface area (Å²) in [4.78, 5) is 15.5. The third-order valence-electron chi connectivity index (χ3n) is 2.42. The van der Waals surface area contributed by atoms with Gasteiger partial charge in [0.15, 0.2) is 5.13 Å². The molecule has 1 atom stereocenters. The normalized spacial score (nSPS) is 12.2. The van der Waals surface area contributed by atoms with E-state index < -0.39 is 0 Å². The smallest absolute Gasteiger partial charge is 0.305 e. The zero-order chi connectivity index (χ0) is 13.4. The zero-order valence-corrected chi connectivity index (χ0v) is 12.7. The molecule has 0 aliphatic rings. The summed E-state index contributed by atoms with van der Waals surface area (Å²) >= 11 is 3.44. The van der Waals surface area contributed by atoms with Crippen LogP contribution in [0.4, 0.5) is 5.13 Å². The SMILES string of the molecule is COC(=O)CCc1csc(NCC(C)CSC)n1. The number of thiazole rings is 1. The number of aryl methyl sites for hydroxylation is 1. The Hall–Kier alpha value is -0.750. The van der Waals surface area contributed by atoms with Crippen LogP contribution in [0.25, 0.3) is 0 Å². The van der Waals surface area contributed by atoms with Crippen molar-refractivity contribution in [3.8, 4) is 0 Å². The lowest BCUT2D eigenvalue weighted by Gasteiger charge is -2.09. The molecule has 0 bridgehead atoms. The van der Waals surface area contributed by atoms with Gasteiger partial charge < -0.3 is 10.1 Å². The van der Waals surface area contributed by atoms with Crippen molar-refractivity contribution >= 4 is 34.2 Å². The first-order valence-corrected chi connectivity index (χ1v) is 8.17. The van der Waals surface area contributed by atoms with Crippen LogP contribution in [-0.4, -0.2) is 36.6 Å². The third-order valence-corrected chi connectivity index (χ3v) is 4.17. The molecule has 0 aliphatic heterocycles. The minimum Gasteiger partial charge on any atom is -0.469 e. The first-order valence-electron chi connectivity index (χ1n) is 5.89. The van der Waals surface area contributed by atoms with Gasteiger partial charge in [0.05, 0.1) is 19.2 Å². The van der Waals surface area contributed by atoms with Gasteiger partial charge in [-0.3, -0.25) is 4.79 Å². The lowest BCUT2D eigenvalue weighted by atomic mass is 10.2. The molecule has 0 amide bonds. The molecule has 0 aromatic carbocycles. The van der Waals surface area contributed by atoms with Crippen LogP contribution in [0.15, 0.2) is 5.38 Å². The molecule has 1 aromatic heterocycles. The molecule has 0 radical (unpaired) electrons. The summed E-state index contributed by atoms with van der Waals surface area (Å²) in [6.07, 6.45) is 3.15. The molecule has 1 N–H and O–H groups in total. The fourth-order valence-electron chi connectivity index (χ4n) is 1.44. The number of esters is 1. The van der Waals surface area contributed by atoms with Crippen LogP contribution in [0.2, 0.25) is 0 Å². The molecule has 0 spiro atoms. The molecule has 0 aliphatic carbocycles. The molecule has 1 aromatic rings. The highest BCUT2D eigenvalue weighted by Gasteiger charge is 2.07. The zero-order valence-electron chi connectivity index (χ0n) is 11.1. The van der Waals surface area contributed by atoms with E-state index in [9.17, 15) is 4.79 Å². The maximum atomic E-state index is 11.0. The topological polar surface area (TPSA) is 51.2 Å². The Morgan fingerprint density at radius 2 is 2.44 bits per heavy atom. The maximum Gasteiger partial charge on any atom is 0.305 e. The number of nitrogens with one attached hydrogen (secondary N) is 1. The van der Waals surface area contributed by atoms with Crippen molar-refractivity contribution in [3.05, 3.63) is 11.1 Å². The summed E-state index contributed by atoms with van der Waals surface area (Å²) in [5.41, 5.74) is 0.949. The Kier molecular flexibility index (Phi) is 7.12. The molecule has 18 heavy (non-hydrogen) atoms. The molecule has 0 fully saturated rings. The summed E-state index contributed by atoms with van der Waals surface area (Å²) in [6, 6.07) is 0. The van der Waals surface area contributed by atoms with Gasteiger partial charge in [-0.1, -0.05) is 6.92 Å². The molecule has 1 rings (SSSR count). The largest absolute Gasteiger partial charge is 0.469 e. The minimum atomic E-state index is -0.189. The van der Waals surface area contributed by atoms with Gasteiger partial charge in [0.1, 0.15) is 0 Å². The van der Waals surface area contributed by atoms with E-state index in [2.05, 4.69) is 28.2 Å². The lowest BCUT2D eigenvalue weighted by molar-refractivity contribution is -0.140. The van der Waals surface area contributed by atoms with E-state index in [4.69, 9.17) is 0 Å². The molecule has 1 unspecified atom stereocenters. The van der Waals surface area contributed by atoms with E-state index >= 15 is 0 Å². The number of anilines is 1. The summed E-state index contributed by atoms with van der Waals surface area (Å²) in [7, 11) is 1.41. The van der Waals surface area contributed by atoms with E-state index in [1.165, 1.54) is 7.11 Å². The average Bonchev–Trinajstić information content (AvgIpc) is 2.82. The summed E-state index contributed by atoms with van der Waals surface area (Å²) in [5.74, 6) is 1.58. The molecule has 102 valence electrons. The highest BCUT2D eigenvalue weighted by Crippen LogP contribution is 2.17. The molecule has 0 saturated heterocycles. The number of carbonyl (C=O) groups excluding carboxylic acids is 1. The third kappa shape index (κ3) is 5.73. The van der Waals surface area contributed by atoms with Gasteiger partial charge in [-0.05, 0) is 17.9 Å². The van der Waals surface area contributed by atoms with Gasteiger partial charge in [-0.25, -0.2) is 4.98 Å². The van der Waals surface area contributed by atoms with Crippen molar-refractivity contribution in [1.82, 2.24) is 4.98 Å². The van der Waals surface area contributed by atoms with E-state index in [-0.39, 0.29) is 5.97 Å². The van der Waals surface area contributed by atoms with E-state index in [0.717, 1.165) is 23.1 Å². The second-order valence-electron chi connectivity index (χ2n) is 4.16. The number of methoxy groups -OCH3 is 1. The number of ether oxygens (including phenoxy) is 1. The number of thioether (sulfide) groups is 1. The predicted octanol–water partition coefficient (Wildman–Crippen LogP) is 2.66. The Labute approximate surface area is 117 Å². The van der Waals surface area contributed by atoms with Crippen molar-refractivity contribution in [3.63, 3.8) is 0 Å². The second-order valence-corrected chi connectivity index (χ2v) is 5.93. The van der Waals surface area contributed by atoms with Crippen molar-refractivity contribution in [2.45, 2.75) is 19.8 Å². The number of hydrogen-bond donors (Lipinski definition) is 1. The monoisotopic (exact) mass is 288 g/mol. The van der Waals surface area contributed by atoms with Crippen molar-refractivity contribution < 1.29 is 9.53 Å². The molecule has 6 heteroatoms. The first-order chi connectivity index (χ1) is 8.65. The van der Waals surface area contributed by atoms with Gasteiger partial charge in [0.2, 0.25) is 0 Å². The van der Waals surface area contributed by atoms with Crippen molar-refractivity contribution in [2.24, 2.45) is 5.92 Å². The predicted molar refractivity (Wildman–Crippen MR) is 78.5 cm³/mol. The fraction of sp³-hybridized carbons (Fsp3) is 0.667. The summed E-state index contributed by atoms with van der Waals surface area (Å²) in [6.45, 7) is 3.15. The molecule has 0 saturated carbocycles. The number of hydrogen-bond acceptors (Lipinski definition) is 6. The van der Waals surface area contributed by atoms with Crippen molar-refractivity contribution in [2.75, 3.05) is 31.0 Å². The number of aromatic nitrogens is 1. The molecule has 4 nitrogen and oxygen atoms in total. The Bertz CT molecular complexity index is 369. The second kappa shape index (κ2) is 8.37. The van der Waals surface area contributed by atoms with Gasteiger partial charge in [-0.2, -0.15) is 11.8 Å². The van der Waals surface area contributed by atoms with Gasteiger partial charge >= 0.3 is 5.97 Å². The highest BCUT2D eigenvalue weighted by atomic mass is 32.2.